The predicted octanol–water partition coefficient (Wildman–Crippen LogP) is 3.91. The molecule has 0 bridgehead atoms. The Morgan fingerprint density at radius 2 is 1.85 bits per heavy atom. The molecule has 0 saturated heterocycles. The van der Waals surface area contributed by atoms with E-state index in [0.29, 0.717) is 36.9 Å². The van der Waals surface area contributed by atoms with Crippen LogP contribution in [0.25, 0.3) is 0 Å². The highest BCUT2D eigenvalue weighted by molar-refractivity contribution is 5.89. The molecule has 0 aliphatic rings. The van der Waals surface area contributed by atoms with Gasteiger partial charge in [0.25, 0.3) is 0 Å². The second-order valence-electron chi connectivity index (χ2n) is 5.20. The number of methoxy groups -OCH3 is 1. The molecule has 1 N–H and O–H groups in total. The van der Waals surface area contributed by atoms with Crippen molar-refractivity contribution in [1.29, 1.82) is 0 Å². The van der Waals surface area contributed by atoms with Crippen molar-refractivity contribution in [2.24, 2.45) is 0 Å². The van der Waals surface area contributed by atoms with E-state index in [-0.39, 0.29) is 0 Å². The Morgan fingerprint density at radius 1 is 1.08 bits per heavy atom. The molecule has 7 heteroatoms. The molecule has 0 heterocycles. The van der Waals surface area contributed by atoms with Gasteiger partial charge >= 0.3 is 12.2 Å². The molecule has 0 aliphatic carbocycles. The summed E-state index contributed by atoms with van der Waals surface area (Å²) >= 11 is 0. The Bertz CT molecular complexity index is 721. The highest BCUT2D eigenvalue weighted by Gasteiger charge is 2.18. The maximum Gasteiger partial charge on any atom is 0.419 e. The van der Waals surface area contributed by atoms with E-state index in [2.05, 4.69) is 10.1 Å². The second-order valence-corrected chi connectivity index (χ2v) is 5.20. The smallest absolute Gasteiger partial charge is 0.419 e. The van der Waals surface area contributed by atoms with Crippen molar-refractivity contribution >= 4 is 23.6 Å². The van der Waals surface area contributed by atoms with Gasteiger partial charge in [-0.05, 0) is 31.2 Å². The maximum absolute atomic E-state index is 12.6. The normalized spacial score (nSPS) is 10.1. The van der Waals surface area contributed by atoms with Crippen molar-refractivity contribution in [3.8, 4) is 5.75 Å². The van der Waals surface area contributed by atoms with Crippen LogP contribution in [0.15, 0.2) is 54.6 Å². The van der Waals surface area contributed by atoms with Crippen LogP contribution < -0.4 is 15.0 Å². The van der Waals surface area contributed by atoms with Crippen molar-refractivity contribution in [1.82, 2.24) is 0 Å². The Labute approximate surface area is 152 Å². The van der Waals surface area contributed by atoms with Gasteiger partial charge < -0.3 is 14.2 Å². The number of ether oxygens (including phenoxy) is 3. The molecule has 2 rings (SSSR count). The average molecular weight is 358 g/mol. The number of para-hydroxylation sites is 1. The summed E-state index contributed by atoms with van der Waals surface area (Å²) < 4.78 is 15.4. The first kappa shape index (κ1) is 19.3. The van der Waals surface area contributed by atoms with Crippen molar-refractivity contribution < 1.29 is 23.8 Å². The molecule has 2 amide bonds. The van der Waals surface area contributed by atoms with Gasteiger partial charge in [-0.15, -0.1) is 0 Å². The van der Waals surface area contributed by atoms with Crippen LogP contribution in [0.3, 0.4) is 0 Å². The van der Waals surface area contributed by atoms with E-state index in [0.717, 1.165) is 0 Å². The molecule has 2 aromatic rings. The van der Waals surface area contributed by atoms with E-state index in [4.69, 9.17) is 9.47 Å². The Morgan fingerprint density at radius 3 is 2.54 bits per heavy atom. The summed E-state index contributed by atoms with van der Waals surface area (Å²) in [4.78, 5) is 25.4. The van der Waals surface area contributed by atoms with Gasteiger partial charge in [-0.25, -0.2) is 9.59 Å². The molecule has 0 unspecified atom stereocenters. The van der Waals surface area contributed by atoms with Gasteiger partial charge in [-0.3, -0.25) is 10.2 Å². The zero-order valence-electron chi connectivity index (χ0n) is 14.8. The van der Waals surface area contributed by atoms with Gasteiger partial charge in [-0.2, -0.15) is 0 Å². The van der Waals surface area contributed by atoms with Crippen LogP contribution in [0, 0.1) is 0 Å². The van der Waals surface area contributed by atoms with Crippen LogP contribution in [-0.4, -0.2) is 39.1 Å². The van der Waals surface area contributed by atoms with Crippen molar-refractivity contribution in [2.45, 2.75) is 6.92 Å². The van der Waals surface area contributed by atoms with Crippen LogP contribution >= 0.6 is 0 Å². The number of carbonyl (C=O) groups is 2. The van der Waals surface area contributed by atoms with Gasteiger partial charge in [0, 0.05) is 24.0 Å². The molecule has 0 aliphatic heterocycles. The number of nitrogens with one attached hydrogen (secondary N) is 1. The number of anilines is 2. The molecule has 0 aromatic heterocycles. The minimum atomic E-state index is -0.601. The molecule has 0 spiro atoms. The van der Waals surface area contributed by atoms with Crippen LogP contribution in [0.5, 0.6) is 5.75 Å². The largest absolute Gasteiger partial charge is 0.453 e. The lowest BCUT2D eigenvalue weighted by Gasteiger charge is -2.22. The Balaban J connectivity index is 2.11. The molecule has 26 heavy (non-hydrogen) atoms. The maximum atomic E-state index is 12.6. The summed E-state index contributed by atoms with van der Waals surface area (Å²) in [6.07, 6.45) is -1.14. The molecule has 2 aromatic carbocycles. The molecule has 0 atom stereocenters. The summed E-state index contributed by atoms with van der Waals surface area (Å²) in [5.74, 6) is 0.307. The van der Waals surface area contributed by atoms with Gasteiger partial charge in [-0.1, -0.05) is 24.3 Å². The topological polar surface area (TPSA) is 77.1 Å². The molecular weight excluding hydrogens is 336 g/mol. The van der Waals surface area contributed by atoms with E-state index in [1.54, 1.807) is 24.3 Å². The SMILES string of the molecule is CCOCCN(C(=O)Oc1cccc(NC(=O)OC)c1)c1ccccc1. The van der Waals surface area contributed by atoms with Crippen molar-refractivity contribution in [2.75, 3.05) is 37.1 Å². The number of benzene rings is 2. The fraction of sp³-hybridized carbons (Fsp3) is 0.263. The number of amides is 2. The van der Waals surface area contributed by atoms with Crippen molar-refractivity contribution in [3.63, 3.8) is 0 Å². The second kappa shape index (κ2) is 10.0. The van der Waals surface area contributed by atoms with Gasteiger partial charge in [0.1, 0.15) is 5.75 Å². The van der Waals surface area contributed by atoms with E-state index < -0.39 is 12.2 Å². The van der Waals surface area contributed by atoms with E-state index in [9.17, 15) is 9.59 Å². The summed E-state index contributed by atoms with van der Waals surface area (Å²) in [5.41, 5.74) is 1.17. The van der Waals surface area contributed by atoms with Crippen LogP contribution in [0.1, 0.15) is 6.92 Å². The fourth-order valence-corrected chi connectivity index (χ4v) is 2.20. The molecular formula is C19H22N2O5. The minimum absolute atomic E-state index is 0.307. The first-order chi connectivity index (χ1) is 12.6. The minimum Gasteiger partial charge on any atom is -0.453 e. The number of rotatable bonds is 7. The molecule has 0 saturated carbocycles. The highest BCUT2D eigenvalue weighted by Crippen LogP contribution is 2.20. The van der Waals surface area contributed by atoms with Gasteiger partial charge in [0.05, 0.1) is 20.3 Å². The van der Waals surface area contributed by atoms with Gasteiger partial charge in [0.2, 0.25) is 0 Å². The third-order valence-electron chi connectivity index (χ3n) is 3.42. The highest BCUT2D eigenvalue weighted by atomic mass is 16.6. The number of hydrogen-bond acceptors (Lipinski definition) is 5. The summed E-state index contributed by atoms with van der Waals surface area (Å²) in [5, 5.41) is 2.52. The standard InChI is InChI=1S/C19H22N2O5/c1-3-25-13-12-21(16-9-5-4-6-10-16)19(23)26-17-11-7-8-15(14-17)20-18(22)24-2/h4-11,14H,3,12-13H2,1-2H3,(H,20,22). The average Bonchev–Trinajstić information content (AvgIpc) is 2.66. The van der Waals surface area contributed by atoms with Crippen molar-refractivity contribution in [3.05, 3.63) is 54.6 Å². The number of carbonyl (C=O) groups excluding carboxylic acids is 2. The molecule has 7 nitrogen and oxygen atoms in total. The van der Waals surface area contributed by atoms with Gasteiger partial charge in [0.15, 0.2) is 0 Å². The molecule has 0 fully saturated rings. The quantitative estimate of drug-likeness (QED) is 0.760. The van der Waals surface area contributed by atoms with E-state index >= 15 is 0 Å². The zero-order valence-corrected chi connectivity index (χ0v) is 14.8. The Kier molecular flexibility index (Phi) is 7.45. The monoisotopic (exact) mass is 358 g/mol. The van der Waals surface area contributed by atoms with Crippen LogP contribution in [0.4, 0.5) is 21.0 Å². The first-order valence-corrected chi connectivity index (χ1v) is 8.21. The lowest BCUT2D eigenvalue weighted by atomic mass is 10.3. The van der Waals surface area contributed by atoms with E-state index in [1.165, 1.54) is 12.0 Å². The fourth-order valence-electron chi connectivity index (χ4n) is 2.20. The zero-order chi connectivity index (χ0) is 18.8. The lowest BCUT2D eigenvalue weighted by molar-refractivity contribution is 0.151. The summed E-state index contributed by atoms with van der Waals surface area (Å²) in [6.45, 7) is 3.21. The lowest BCUT2D eigenvalue weighted by Crippen LogP contribution is -2.36. The first-order valence-electron chi connectivity index (χ1n) is 8.21. The predicted molar refractivity (Wildman–Crippen MR) is 98.8 cm³/mol. The third kappa shape index (κ3) is 5.78. The summed E-state index contributed by atoms with van der Waals surface area (Å²) in [6, 6.07) is 15.7. The number of hydrogen-bond donors (Lipinski definition) is 1. The summed E-state index contributed by atoms with van der Waals surface area (Å²) in [7, 11) is 1.27. The third-order valence-corrected chi connectivity index (χ3v) is 3.42. The van der Waals surface area contributed by atoms with Crippen LogP contribution in [0.2, 0.25) is 0 Å². The Hall–Kier alpha value is -3.06. The molecule has 0 radical (unpaired) electrons. The van der Waals surface area contributed by atoms with E-state index in [1.807, 2.05) is 37.3 Å². The van der Waals surface area contributed by atoms with Crippen LogP contribution in [-0.2, 0) is 9.47 Å². The number of nitrogens with zero attached hydrogens (tertiary/aromatic N) is 1. The molecule has 138 valence electrons.